The van der Waals surface area contributed by atoms with Crippen LogP contribution in [-0.2, 0) is 4.79 Å². The highest BCUT2D eigenvalue weighted by Gasteiger charge is 2.26. The number of carbonyl (C=O) groups excluding carboxylic acids is 1. The van der Waals surface area contributed by atoms with Gasteiger partial charge in [0.25, 0.3) is 0 Å². The van der Waals surface area contributed by atoms with Crippen molar-refractivity contribution in [1.82, 2.24) is 5.32 Å². The van der Waals surface area contributed by atoms with Crippen LogP contribution in [0.5, 0.6) is 5.75 Å². The Balaban J connectivity index is 1.86. The molecule has 1 amide bonds. The molecular weight excluding hydrogens is 264 g/mol. The lowest BCUT2D eigenvalue weighted by Gasteiger charge is -2.28. The van der Waals surface area contributed by atoms with E-state index in [0.717, 1.165) is 43.5 Å². The van der Waals surface area contributed by atoms with Gasteiger partial charge in [0.15, 0.2) is 0 Å². The van der Waals surface area contributed by atoms with Gasteiger partial charge in [-0.1, -0.05) is 12.1 Å². The van der Waals surface area contributed by atoms with Crippen molar-refractivity contribution < 1.29 is 9.53 Å². The van der Waals surface area contributed by atoms with Crippen LogP contribution < -0.4 is 15.8 Å². The molecule has 4 nitrogen and oxygen atoms in total. The molecule has 1 aromatic carbocycles. The number of methoxy groups -OCH3 is 1. The summed E-state index contributed by atoms with van der Waals surface area (Å²) in [6.07, 6.45) is 4.07. The van der Waals surface area contributed by atoms with Crippen molar-refractivity contribution in [1.29, 1.82) is 0 Å². The molecule has 0 spiro atoms. The highest BCUT2D eigenvalue weighted by molar-refractivity contribution is 5.79. The number of ether oxygens (including phenoxy) is 1. The van der Waals surface area contributed by atoms with Crippen LogP contribution >= 0.6 is 0 Å². The molecule has 1 aliphatic rings. The quantitative estimate of drug-likeness (QED) is 0.876. The summed E-state index contributed by atoms with van der Waals surface area (Å²) in [6, 6.07) is 7.86. The molecule has 0 saturated heterocycles. The van der Waals surface area contributed by atoms with Crippen molar-refractivity contribution in [3.8, 4) is 5.75 Å². The average Bonchev–Trinajstić information content (AvgIpc) is 2.55. The second-order valence-electron chi connectivity index (χ2n) is 5.96. The molecule has 0 radical (unpaired) electrons. The molecule has 0 heterocycles. The number of nitrogens with two attached hydrogens (primary N) is 1. The smallest absolute Gasteiger partial charge is 0.223 e. The Morgan fingerprint density at radius 2 is 1.90 bits per heavy atom. The molecule has 1 aliphatic carbocycles. The van der Waals surface area contributed by atoms with Crippen LogP contribution in [0.15, 0.2) is 24.3 Å². The fraction of sp³-hybridized carbons (Fsp3) is 0.588. The van der Waals surface area contributed by atoms with Gasteiger partial charge >= 0.3 is 0 Å². The molecule has 0 bridgehead atoms. The fourth-order valence-electron chi connectivity index (χ4n) is 2.97. The molecule has 21 heavy (non-hydrogen) atoms. The van der Waals surface area contributed by atoms with Crippen LogP contribution in [0.4, 0.5) is 0 Å². The Labute approximate surface area is 127 Å². The Bertz CT molecular complexity index is 450. The first-order valence-corrected chi connectivity index (χ1v) is 7.78. The van der Waals surface area contributed by atoms with Gasteiger partial charge in [0.1, 0.15) is 5.75 Å². The van der Waals surface area contributed by atoms with E-state index >= 15 is 0 Å². The minimum atomic E-state index is 0.0237. The monoisotopic (exact) mass is 290 g/mol. The van der Waals surface area contributed by atoms with Gasteiger partial charge in [-0.05, 0) is 62.8 Å². The van der Waals surface area contributed by atoms with Gasteiger partial charge in [0, 0.05) is 5.92 Å². The summed E-state index contributed by atoms with van der Waals surface area (Å²) in [7, 11) is 1.65. The van der Waals surface area contributed by atoms with Crippen LogP contribution in [-0.4, -0.2) is 19.6 Å². The van der Waals surface area contributed by atoms with E-state index in [1.807, 2.05) is 31.2 Å². The van der Waals surface area contributed by atoms with Crippen LogP contribution in [0.25, 0.3) is 0 Å². The molecule has 0 aromatic heterocycles. The second-order valence-corrected chi connectivity index (χ2v) is 5.96. The molecule has 1 aromatic rings. The molecule has 116 valence electrons. The molecule has 4 heteroatoms. The summed E-state index contributed by atoms with van der Waals surface area (Å²) >= 11 is 0. The van der Waals surface area contributed by atoms with Gasteiger partial charge in [0.05, 0.1) is 13.2 Å². The number of carbonyl (C=O) groups is 1. The number of amides is 1. The molecule has 0 aliphatic heterocycles. The molecule has 1 saturated carbocycles. The standard InChI is InChI=1S/C17H26N2O2/c1-12(14-7-9-16(21-2)10-8-14)19-17(20)15-5-3-13(11-18)4-6-15/h7-10,12-13,15H,3-6,11,18H2,1-2H3,(H,19,20)/t12-,13?,15?/m1/s1. The minimum absolute atomic E-state index is 0.0237. The number of nitrogens with one attached hydrogen (secondary N) is 1. The number of benzene rings is 1. The summed E-state index contributed by atoms with van der Waals surface area (Å²) in [5.41, 5.74) is 6.79. The first-order chi connectivity index (χ1) is 10.1. The first-order valence-electron chi connectivity index (χ1n) is 7.78. The number of hydrogen-bond acceptors (Lipinski definition) is 3. The van der Waals surface area contributed by atoms with Crippen molar-refractivity contribution in [3.05, 3.63) is 29.8 Å². The summed E-state index contributed by atoms with van der Waals surface area (Å²) in [4.78, 5) is 12.3. The lowest BCUT2D eigenvalue weighted by atomic mass is 9.81. The van der Waals surface area contributed by atoms with E-state index in [1.165, 1.54) is 0 Å². The molecular formula is C17H26N2O2. The average molecular weight is 290 g/mol. The van der Waals surface area contributed by atoms with Crippen LogP contribution in [0.3, 0.4) is 0 Å². The predicted octanol–water partition coefficient (Wildman–Crippen LogP) is 2.64. The van der Waals surface area contributed by atoms with Gasteiger partial charge in [-0.3, -0.25) is 4.79 Å². The lowest BCUT2D eigenvalue weighted by Crippen LogP contribution is -2.35. The SMILES string of the molecule is COc1ccc([C@@H](C)NC(=O)C2CCC(CN)CC2)cc1. The molecule has 1 atom stereocenters. The third-order valence-corrected chi connectivity index (χ3v) is 4.53. The maximum atomic E-state index is 12.3. The van der Waals surface area contributed by atoms with E-state index in [4.69, 9.17) is 10.5 Å². The third-order valence-electron chi connectivity index (χ3n) is 4.53. The zero-order chi connectivity index (χ0) is 15.2. The number of hydrogen-bond donors (Lipinski definition) is 2. The minimum Gasteiger partial charge on any atom is -0.497 e. The van der Waals surface area contributed by atoms with E-state index in [1.54, 1.807) is 7.11 Å². The molecule has 0 unspecified atom stereocenters. The Hall–Kier alpha value is -1.55. The van der Waals surface area contributed by atoms with E-state index in [2.05, 4.69) is 5.32 Å². The van der Waals surface area contributed by atoms with Crippen molar-refractivity contribution in [2.24, 2.45) is 17.6 Å². The first kappa shape index (κ1) is 15.8. The van der Waals surface area contributed by atoms with Crippen molar-refractivity contribution in [3.63, 3.8) is 0 Å². The van der Waals surface area contributed by atoms with Crippen LogP contribution in [0.2, 0.25) is 0 Å². The molecule has 1 fully saturated rings. The Morgan fingerprint density at radius 3 is 2.43 bits per heavy atom. The Kier molecular flexibility index (Phi) is 5.62. The largest absolute Gasteiger partial charge is 0.497 e. The van der Waals surface area contributed by atoms with Crippen molar-refractivity contribution in [2.45, 2.75) is 38.6 Å². The summed E-state index contributed by atoms with van der Waals surface area (Å²) in [5, 5.41) is 3.13. The maximum absolute atomic E-state index is 12.3. The fourth-order valence-corrected chi connectivity index (χ4v) is 2.97. The molecule has 2 rings (SSSR count). The van der Waals surface area contributed by atoms with Gasteiger partial charge in [-0.2, -0.15) is 0 Å². The molecule has 3 N–H and O–H groups in total. The van der Waals surface area contributed by atoms with Gasteiger partial charge in [0.2, 0.25) is 5.91 Å². The third kappa shape index (κ3) is 4.21. The van der Waals surface area contributed by atoms with E-state index < -0.39 is 0 Å². The van der Waals surface area contributed by atoms with Gasteiger partial charge in [-0.15, -0.1) is 0 Å². The number of rotatable bonds is 5. The second kappa shape index (κ2) is 7.46. The predicted molar refractivity (Wildman–Crippen MR) is 84.1 cm³/mol. The van der Waals surface area contributed by atoms with Gasteiger partial charge < -0.3 is 15.8 Å². The Morgan fingerprint density at radius 1 is 1.29 bits per heavy atom. The highest BCUT2D eigenvalue weighted by Crippen LogP contribution is 2.29. The van der Waals surface area contributed by atoms with Crippen molar-refractivity contribution >= 4 is 5.91 Å². The van der Waals surface area contributed by atoms with Crippen LogP contribution in [0, 0.1) is 11.8 Å². The maximum Gasteiger partial charge on any atom is 0.223 e. The van der Waals surface area contributed by atoms with Crippen LogP contribution in [0.1, 0.15) is 44.2 Å². The van der Waals surface area contributed by atoms with E-state index in [0.29, 0.717) is 5.92 Å². The zero-order valence-electron chi connectivity index (χ0n) is 13.0. The highest BCUT2D eigenvalue weighted by atomic mass is 16.5. The lowest BCUT2D eigenvalue weighted by molar-refractivity contribution is -0.126. The summed E-state index contributed by atoms with van der Waals surface area (Å²) < 4.78 is 5.15. The summed E-state index contributed by atoms with van der Waals surface area (Å²) in [6.45, 7) is 2.77. The van der Waals surface area contributed by atoms with Gasteiger partial charge in [-0.25, -0.2) is 0 Å². The van der Waals surface area contributed by atoms with E-state index in [9.17, 15) is 4.79 Å². The topological polar surface area (TPSA) is 64.3 Å². The van der Waals surface area contributed by atoms with E-state index in [-0.39, 0.29) is 17.9 Å². The zero-order valence-corrected chi connectivity index (χ0v) is 13.0. The van der Waals surface area contributed by atoms with Crippen molar-refractivity contribution in [2.75, 3.05) is 13.7 Å². The summed E-state index contributed by atoms with van der Waals surface area (Å²) in [5.74, 6) is 1.76. The normalized spacial score (nSPS) is 23.4.